The van der Waals surface area contributed by atoms with Crippen molar-refractivity contribution in [3.05, 3.63) is 35.1 Å². The molecule has 114 valence electrons. The van der Waals surface area contributed by atoms with E-state index in [1.165, 1.54) is 11.3 Å². The molecular formula is C14H13ClN4O2S. The van der Waals surface area contributed by atoms with E-state index in [0.717, 1.165) is 4.70 Å². The summed E-state index contributed by atoms with van der Waals surface area (Å²) in [4.78, 5) is 16.7. The van der Waals surface area contributed by atoms with Crippen molar-refractivity contribution < 1.29 is 9.53 Å². The summed E-state index contributed by atoms with van der Waals surface area (Å²) in [5.41, 5.74) is 1.12. The minimum absolute atomic E-state index is 0.256. The maximum atomic E-state index is 12.3. The molecule has 1 amide bonds. The molecule has 0 radical (unpaired) electrons. The van der Waals surface area contributed by atoms with Crippen molar-refractivity contribution in [3.8, 4) is 5.75 Å². The normalized spacial score (nSPS) is 10.9. The Bertz CT molecular complexity index is 843. The fourth-order valence-corrected chi connectivity index (χ4v) is 3.26. The fourth-order valence-electron chi connectivity index (χ4n) is 2.11. The molecule has 0 spiro atoms. The van der Waals surface area contributed by atoms with Gasteiger partial charge in [0, 0.05) is 12.7 Å². The first-order chi connectivity index (χ1) is 10.6. The third-order valence-corrected chi connectivity index (χ3v) is 4.58. The minimum Gasteiger partial charge on any atom is -0.494 e. The second-order valence-electron chi connectivity index (χ2n) is 4.43. The number of fused-ring (bicyclic) bond motifs is 1. The first-order valence-corrected chi connectivity index (χ1v) is 7.79. The highest BCUT2D eigenvalue weighted by atomic mass is 35.5. The van der Waals surface area contributed by atoms with Gasteiger partial charge in [-0.25, -0.2) is 4.98 Å². The average Bonchev–Trinajstić information content (AvgIpc) is 3.14. The number of nitrogens with zero attached hydrogens (tertiary/aromatic N) is 3. The molecule has 22 heavy (non-hydrogen) atoms. The van der Waals surface area contributed by atoms with Crippen LogP contribution in [0, 0.1) is 0 Å². The molecule has 1 N–H and O–H groups in total. The van der Waals surface area contributed by atoms with Gasteiger partial charge in [-0.3, -0.25) is 14.8 Å². The first kappa shape index (κ1) is 14.8. The average molecular weight is 337 g/mol. The summed E-state index contributed by atoms with van der Waals surface area (Å²) in [6.07, 6.45) is 1.59. The zero-order valence-corrected chi connectivity index (χ0v) is 13.5. The summed E-state index contributed by atoms with van der Waals surface area (Å²) in [7, 11) is 1.57. The molecule has 0 bridgehead atoms. The lowest BCUT2D eigenvalue weighted by atomic mass is 10.3. The van der Waals surface area contributed by atoms with E-state index in [9.17, 15) is 4.79 Å². The molecule has 8 heteroatoms. The van der Waals surface area contributed by atoms with Crippen LogP contribution in [0.4, 0.5) is 5.13 Å². The predicted octanol–water partition coefficient (Wildman–Crippen LogP) is 3.43. The van der Waals surface area contributed by atoms with E-state index in [2.05, 4.69) is 15.4 Å². The molecule has 6 nitrogen and oxygen atoms in total. The van der Waals surface area contributed by atoms with Crippen LogP contribution < -0.4 is 10.1 Å². The molecule has 0 aliphatic heterocycles. The van der Waals surface area contributed by atoms with Crippen LogP contribution in [-0.4, -0.2) is 27.8 Å². The van der Waals surface area contributed by atoms with E-state index < -0.39 is 0 Å². The van der Waals surface area contributed by atoms with Crippen LogP contribution in [0.5, 0.6) is 5.75 Å². The van der Waals surface area contributed by atoms with Gasteiger partial charge in [0.2, 0.25) is 0 Å². The Morgan fingerprint density at radius 3 is 3.00 bits per heavy atom. The van der Waals surface area contributed by atoms with Crippen LogP contribution in [-0.2, 0) is 6.54 Å². The van der Waals surface area contributed by atoms with Crippen molar-refractivity contribution in [2.45, 2.75) is 13.5 Å². The van der Waals surface area contributed by atoms with E-state index in [1.807, 2.05) is 6.92 Å². The number of methoxy groups -OCH3 is 1. The van der Waals surface area contributed by atoms with Crippen molar-refractivity contribution in [3.63, 3.8) is 0 Å². The zero-order valence-electron chi connectivity index (χ0n) is 12.0. The predicted molar refractivity (Wildman–Crippen MR) is 87.0 cm³/mol. The molecule has 3 aromatic rings. The van der Waals surface area contributed by atoms with Crippen LogP contribution in [0.15, 0.2) is 24.4 Å². The van der Waals surface area contributed by atoms with Gasteiger partial charge in [-0.1, -0.05) is 22.9 Å². The van der Waals surface area contributed by atoms with Gasteiger partial charge in [-0.2, -0.15) is 5.10 Å². The Balaban J connectivity index is 1.94. The molecule has 0 fully saturated rings. The molecule has 0 saturated carbocycles. The lowest BCUT2D eigenvalue weighted by molar-refractivity contribution is 0.101. The van der Waals surface area contributed by atoms with Crippen molar-refractivity contribution >= 4 is 44.2 Å². The second kappa shape index (κ2) is 5.94. The van der Waals surface area contributed by atoms with Crippen LogP contribution in [0.3, 0.4) is 0 Å². The van der Waals surface area contributed by atoms with E-state index in [0.29, 0.717) is 33.7 Å². The lowest BCUT2D eigenvalue weighted by Gasteiger charge is -2.03. The Morgan fingerprint density at radius 1 is 1.45 bits per heavy atom. The molecule has 0 aliphatic carbocycles. The number of rotatable bonds is 4. The molecule has 0 aliphatic rings. The molecular weight excluding hydrogens is 324 g/mol. The number of benzene rings is 1. The molecule has 3 rings (SSSR count). The van der Waals surface area contributed by atoms with Crippen LogP contribution in [0.1, 0.15) is 17.4 Å². The van der Waals surface area contributed by atoms with Crippen molar-refractivity contribution in [2.24, 2.45) is 0 Å². The number of carbonyl (C=O) groups is 1. The van der Waals surface area contributed by atoms with Crippen LogP contribution in [0.25, 0.3) is 10.2 Å². The van der Waals surface area contributed by atoms with Gasteiger partial charge in [0.15, 0.2) is 5.13 Å². The molecule has 0 saturated heterocycles. The second-order valence-corrected chi connectivity index (χ2v) is 5.84. The van der Waals surface area contributed by atoms with Gasteiger partial charge >= 0.3 is 0 Å². The highest BCUT2D eigenvalue weighted by Crippen LogP contribution is 2.37. The molecule has 0 unspecified atom stereocenters. The van der Waals surface area contributed by atoms with Gasteiger partial charge in [0.1, 0.15) is 17.0 Å². The van der Waals surface area contributed by atoms with Gasteiger partial charge < -0.3 is 4.74 Å². The Morgan fingerprint density at radius 2 is 2.27 bits per heavy atom. The number of carbonyl (C=O) groups excluding carboxylic acids is 1. The van der Waals surface area contributed by atoms with Gasteiger partial charge in [-0.15, -0.1) is 0 Å². The van der Waals surface area contributed by atoms with Crippen LogP contribution >= 0.6 is 22.9 Å². The van der Waals surface area contributed by atoms with E-state index in [1.54, 1.807) is 36.2 Å². The monoisotopic (exact) mass is 336 g/mol. The molecule has 1 aromatic carbocycles. The van der Waals surface area contributed by atoms with Gasteiger partial charge in [0.25, 0.3) is 5.91 Å². The highest BCUT2D eigenvalue weighted by molar-refractivity contribution is 7.23. The third kappa shape index (κ3) is 2.53. The number of halogens is 1. The maximum absolute atomic E-state index is 12.3. The summed E-state index contributed by atoms with van der Waals surface area (Å²) in [5, 5.41) is 7.90. The van der Waals surface area contributed by atoms with E-state index in [-0.39, 0.29) is 5.91 Å². The summed E-state index contributed by atoms with van der Waals surface area (Å²) in [5.74, 6) is 0.364. The summed E-state index contributed by atoms with van der Waals surface area (Å²) in [6.45, 7) is 2.54. The number of hydrogen-bond donors (Lipinski definition) is 1. The summed E-state index contributed by atoms with van der Waals surface area (Å²) in [6, 6.07) is 5.17. The van der Waals surface area contributed by atoms with Crippen molar-refractivity contribution in [2.75, 3.05) is 12.4 Å². The number of aryl methyl sites for hydroxylation is 1. The SMILES string of the molecule is CCn1nccc1C(=O)Nc1nc2c(OC)ccc(Cl)c2s1. The lowest BCUT2D eigenvalue weighted by Crippen LogP contribution is -2.17. The largest absolute Gasteiger partial charge is 0.494 e. The standard InChI is InChI=1S/C14H13ClN4O2S/c1-3-19-9(6-7-16-19)13(20)18-14-17-11-10(21-2)5-4-8(15)12(11)22-14/h4-7H,3H2,1-2H3,(H,17,18,20). The number of thiazole rings is 1. The maximum Gasteiger partial charge on any atom is 0.275 e. The number of hydrogen-bond acceptors (Lipinski definition) is 5. The zero-order chi connectivity index (χ0) is 15.7. The summed E-state index contributed by atoms with van der Waals surface area (Å²) < 4.78 is 7.67. The number of aromatic nitrogens is 3. The van der Waals surface area contributed by atoms with E-state index >= 15 is 0 Å². The Labute approximate surface area is 135 Å². The Kier molecular flexibility index (Phi) is 4.00. The van der Waals surface area contributed by atoms with Gasteiger partial charge in [-0.05, 0) is 25.1 Å². The van der Waals surface area contributed by atoms with Crippen molar-refractivity contribution in [1.82, 2.24) is 14.8 Å². The quantitative estimate of drug-likeness (QED) is 0.792. The summed E-state index contributed by atoms with van der Waals surface area (Å²) >= 11 is 7.48. The smallest absolute Gasteiger partial charge is 0.275 e. The highest BCUT2D eigenvalue weighted by Gasteiger charge is 2.16. The number of anilines is 1. The Hall–Kier alpha value is -2.12. The third-order valence-electron chi connectivity index (χ3n) is 3.15. The molecule has 2 heterocycles. The number of ether oxygens (including phenoxy) is 1. The van der Waals surface area contributed by atoms with E-state index in [4.69, 9.17) is 16.3 Å². The number of amides is 1. The topological polar surface area (TPSA) is 69.0 Å². The fraction of sp³-hybridized carbons (Fsp3) is 0.214. The first-order valence-electron chi connectivity index (χ1n) is 6.60. The molecule has 2 aromatic heterocycles. The minimum atomic E-state index is -0.256. The van der Waals surface area contributed by atoms with Crippen LogP contribution in [0.2, 0.25) is 5.02 Å². The van der Waals surface area contributed by atoms with Crippen molar-refractivity contribution in [1.29, 1.82) is 0 Å². The van der Waals surface area contributed by atoms with Gasteiger partial charge in [0.05, 0.1) is 16.8 Å². The number of nitrogens with one attached hydrogen (secondary N) is 1. The molecule has 0 atom stereocenters.